The van der Waals surface area contributed by atoms with E-state index >= 15 is 0 Å². The number of ether oxygens (including phenoxy) is 1. The molecule has 0 atom stereocenters. The van der Waals surface area contributed by atoms with Gasteiger partial charge in [0, 0.05) is 12.7 Å². The monoisotopic (exact) mass is 249 g/mol. The predicted octanol–water partition coefficient (Wildman–Crippen LogP) is 2.20. The average Bonchev–Trinajstić information content (AvgIpc) is 2.24. The van der Waals surface area contributed by atoms with Gasteiger partial charge in [-0.15, -0.1) is 0 Å². The Morgan fingerprint density at radius 1 is 1.56 bits per heavy atom. The predicted molar refractivity (Wildman–Crippen MR) is 71.9 cm³/mol. The number of pyridine rings is 1. The molecule has 0 bridgehead atoms. The second-order valence-electron chi connectivity index (χ2n) is 4.76. The largest absolute Gasteiger partial charge is 0.444 e. The van der Waals surface area contributed by atoms with Gasteiger partial charge >= 0.3 is 6.09 Å². The van der Waals surface area contributed by atoms with Crippen LogP contribution in [-0.4, -0.2) is 23.2 Å². The van der Waals surface area contributed by atoms with Crippen molar-refractivity contribution in [2.24, 2.45) is 0 Å². The number of carbonyl (C=O) groups excluding carboxylic acids is 1. The minimum Gasteiger partial charge on any atom is -0.444 e. The Bertz CT molecular complexity index is 436. The van der Waals surface area contributed by atoms with Crippen LogP contribution in [0.4, 0.5) is 10.5 Å². The standard InChI is InChI=1S/C13H19N3O2/c1-13(2,3)18-12(17)16-9-5-7-11-10(14)6-4-8-15-11/h4-8H,9,14H2,1-3H3,(H,16,17). The number of nitrogen functional groups attached to an aromatic ring is 1. The van der Waals surface area contributed by atoms with E-state index in [0.29, 0.717) is 17.9 Å². The number of aromatic nitrogens is 1. The van der Waals surface area contributed by atoms with E-state index in [1.165, 1.54) is 0 Å². The summed E-state index contributed by atoms with van der Waals surface area (Å²) in [4.78, 5) is 15.4. The van der Waals surface area contributed by atoms with Gasteiger partial charge < -0.3 is 15.8 Å². The number of alkyl carbamates (subject to hydrolysis) is 1. The van der Waals surface area contributed by atoms with Crippen molar-refractivity contribution in [3.63, 3.8) is 0 Å². The third-order valence-corrected chi connectivity index (χ3v) is 1.91. The van der Waals surface area contributed by atoms with Crippen LogP contribution in [0.5, 0.6) is 0 Å². The Morgan fingerprint density at radius 3 is 2.89 bits per heavy atom. The van der Waals surface area contributed by atoms with Crippen LogP contribution in [0, 0.1) is 0 Å². The average molecular weight is 249 g/mol. The molecule has 1 aromatic rings. The maximum atomic E-state index is 11.3. The van der Waals surface area contributed by atoms with Crippen LogP contribution in [-0.2, 0) is 4.74 Å². The van der Waals surface area contributed by atoms with E-state index in [0.717, 1.165) is 0 Å². The summed E-state index contributed by atoms with van der Waals surface area (Å²) in [5.41, 5.74) is 6.52. The minimum atomic E-state index is -0.487. The van der Waals surface area contributed by atoms with E-state index in [9.17, 15) is 4.79 Å². The number of nitrogens with zero attached hydrogens (tertiary/aromatic N) is 1. The molecule has 0 aromatic carbocycles. The lowest BCUT2D eigenvalue weighted by Gasteiger charge is -2.19. The van der Waals surface area contributed by atoms with Gasteiger partial charge in [0.05, 0.1) is 11.4 Å². The van der Waals surface area contributed by atoms with Crippen molar-refractivity contribution >= 4 is 17.9 Å². The molecule has 1 aromatic heterocycles. The fraction of sp³-hybridized carbons (Fsp3) is 0.385. The van der Waals surface area contributed by atoms with Crippen LogP contribution in [0.15, 0.2) is 24.4 Å². The summed E-state index contributed by atoms with van der Waals surface area (Å²) in [6.07, 6.45) is 4.74. The first kappa shape index (κ1) is 14.0. The molecule has 1 heterocycles. The van der Waals surface area contributed by atoms with Crippen LogP contribution in [0.25, 0.3) is 6.08 Å². The van der Waals surface area contributed by atoms with E-state index in [-0.39, 0.29) is 0 Å². The van der Waals surface area contributed by atoms with Gasteiger partial charge in [0.25, 0.3) is 0 Å². The van der Waals surface area contributed by atoms with Gasteiger partial charge in [-0.3, -0.25) is 4.98 Å². The number of nitrogens with one attached hydrogen (secondary N) is 1. The van der Waals surface area contributed by atoms with E-state index in [1.807, 2.05) is 20.8 Å². The highest BCUT2D eigenvalue weighted by atomic mass is 16.6. The van der Waals surface area contributed by atoms with Gasteiger partial charge in [0.15, 0.2) is 0 Å². The first-order valence-electron chi connectivity index (χ1n) is 5.72. The molecule has 0 fully saturated rings. The van der Waals surface area contributed by atoms with E-state index in [1.54, 1.807) is 30.5 Å². The second-order valence-corrected chi connectivity index (χ2v) is 4.76. The van der Waals surface area contributed by atoms with E-state index < -0.39 is 11.7 Å². The molecule has 0 radical (unpaired) electrons. The number of anilines is 1. The lowest BCUT2D eigenvalue weighted by Crippen LogP contribution is -2.32. The van der Waals surface area contributed by atoms with E-state index in [4.69, 9.17) is 10.5 Å². The van der Waals surface area contributed by atoms with Crippen molar-refractivity contribution in [3.8, 4) is 0 Å². The maximum Gasteiger partial charge on any atom is 0.407 e. The molecular formula is C13H19N3O2. The lowest BCUT2D eigenvalue weighted by atomic mass is 10.2. The fourth-order valence-corrected chi connectivity index (χ4v) is 1.20. The summed E-state index contributed by atoms with van der Waals surface area (Å²) in [5, 5.41) is 2.61. The number of rotatable bonds is 3. The highest BCUT2D eigenvalue weighted by molar-refractivity contribution is 5.68. The summed E-state index contributed by atoms with van der Waals surface area (Å²) in [5.74, 6) is 0. The van der Waals surface area contributed by atoms with E-state index in [2.05, 4.69) is 10.3 Å². The molecule has 3 N–H and O–H groups in total. The molecular weight excluding hydrogens is 230 g/mol. The molecule has 0 aliphatic rings. The molecule has 0 aliphatic carbocycles. The second kappa shape index (κ2) is 6.05. The zero-order chi connectivity index (χ0) is 13.6. The van der Waals surface area contributed by atoms with Crippen molar-refractivity contribution < 1.29 is 9.53 Å². The smallest absolute Gasteiger partial charge is 0.407 e. The van der Waals surface area contributed by atoms with Crippen molar-refractivity contribution in [2.75, 3.05) is 12.3 Å². The van der Waals surface area contributed by atoms with Crippen molar-refractivity contribution in [2.45, 2.75) is 26.4 Å². The molecule has 18 heavy (non-hydrogen) atoms. The van der Waals surface area contributed by atoms with Crippen molar-refractivity contribution in [1.82, 2.24) is 10.3 Å². The van der Waals surface area contributed by atoms with Crippen molar-refractivity contribution in [1.29, 1.82) is 0 Å². The Morgan fingerprint density at radius 2 is 2.28 bits per heavy atom. The Balaban J connectivity index is 2.38. The number of nitrogens with two attached hydrogens (primary N) is 1. The first-order chi connectivity index (χ1) is 8.38. The Labute approximate surface area is 107 Å². The molecule has 0 aliphatic heterocycles. The zero-order valence-electron chi connectivity index (χ0n) is 10.9. The molecule has 0 saturated heterocycles. The number of amides is 1. The third kappa shape index (κ3) is 5.34. The summed E-state index contributed by atoms with van der Waals surface area (Å²) in [6.45, 7) is 5.82. The minimum absolute atomic E-state index is 0.366. The Hall–Kier alpha value is -2.04. The highest BCUT2D eigenvalue weighted by Gasteiger charge is 2.14. The van der Waals surface area contributed by atoms with Gasteiger partial charge in [0.1, 0.15) is 5.60 Å². The summed E-state index contributed by atoms with van der Waals surface area (Å²) < 4.78 is 5.09. The first-order valence-corrected chi connectivity index (χ1v) is 5.72. The highest BCUT2D eigenvalue weighted by Crippen LogP contribution is 2.08. The summed E-state index contributed by atoms with van der Waals surface area (Å²) in [7, 11) is 0. The molecule has 0 saturated carbocycles. The molecule has 98 valence electrons. The normalized spacial score (nSPS) is 11.5. The van der Waals surface area contributed by atoms with Crippen LogP contribution in [0.2, 0.25) is 0 Å². The van der Waals surface area contributed by atoms with Gasteiger partial charge in [0.2, 0.25) is 0 Å². The zero-order valence-corrected chi connectivity index (χ0v) is 10.9. The van der Waals surface area contributed by atoms with Crippen LogP contribution in [0.3, 0.4) is 0 Å². The summed E-state index contributed by atoms with van der Waals surface area (Å²) >= 11 is 0. The fourth-order valence-electron chi connectivity index (χ4n) is 1.20. The number of carbonyl (C=O) groups is 1. The number of hydrogen-bond acceptors (Lipinski definition) is 4. The molecule has 1 amide bonds. The van der Waals surface area contributed by atoms with Crippen LogP contribution in [0.1, 0.15) is 26.5 Å². The van der Waals surface area contributed by atoms with Crippen LogP contribution >= 0.6 is 0 Å². The van der Waals surface area contributed by atoms with Gasteiger partial charge in [-0.05, 0) is 39.0 Å². The number of hydrogen-bond donors (Lipinski definition) is 2. The molecule has 0 unspecified atom stereocenters. The van der Waals surface area contributed by atoms with Gasteiger partial charge in [-0.2, -0.15) is 0 Å². The molecule has 1 rings (SSSR count). The van der Waals surface area contributed by atoms with Crippen molar-refractivity contribution in [3.05, 3.63) is 30.1 Å². The van der Waals surface area contributed by atoms with Gasteiger partial charge in [-0.1, -0.05) is 6.08 Å². The Kier molecular flexibility index (Phi) is 4.71. The maximum absolute atomic E-state index is 11.3. The topological polar surface area (TPSA) is 77.2 Å². The summed E-state index contributed by atoms with van der Waals surface area (Å²) in [6, 6.07) is 3.54. The molecule has 0 spiro atoms. The van der Waals surface area contributed by atoms with Gasteiger partial charge in [-0.25, -0.2) is 4.79 Å². The molecule has 5 heteroatoms. The van der Waals surface area contributed by atoms with Crippen LogP contribution < -0.4 is 11.1 Å². The SMILES string of the molecule is CC(C)(C)OC(=O)NCC=Cc1ncccc1N. The third-order valence-electron chi connectivity index (χ3n) is 1.91. The molecule has 5 nitrogen and oxygen atoms in total. The lowest BCUT2D eigenvalue weighted by molar-refractivity contribution is 0.0534. The quantitative estimate of drug-likeness (QED) is 0.861.